The van der Waals surface area contributed by atoms with E-state index >= 15 is 0 Å². The van der Waals surface area contributed by atoms with Gasteiger partial charge in [0.1, 0.15) is 0 Å². The van der Waals surface area contributed by atoms with E-state index < -0.39 is 0 Å². The van der Waals surface area contributed by atoms with E-state index in [1.54, 1.807) is 16.2 Å². The van der Waals surface area contributed by atoms with Gasteiger partial charge in [0, 0.05) is 6.04 Å². The lowest BCUT2D eigenvalue weighted by Crippen LogP contribution is -2.45. The maximum atomic E-state index is 12.5. The van der Waals surface area contributed by atoms with Crippen LogP contribution in [0.15, 0.2) is 16.8 Å². The van der Waals surface area contributed by atoms with Crippen LogP contribution in [-0.4, -0.2) is 35.3 Å². The summed E-state index contributed by atoms with van der Waals surface area (Å²) >= 11 is 1.69. The van der Waals surface area contributed by atoms with Gasteiger partial charge in [-0.15, -0.1) is 0 Å². The Kier molecular flexibility index (Phi) is 4.70. The Bertz CT molecular complexity index is 494. The molecule has 1 unspecified atom stereocenters. The number of hydrogen-bond donors (Lipinski definition) is 1. The molecule has 2 aliphatic rings. The predicted octanol–water partition coefficient (Wildman–Crippen LogP) is 2.34. The van der Waals surface area contributed by atoms with E-state index in [-0.39, 0.29) is 23.9 Å². The van der Waals surface area contributed by atoms with Gasteiger partial charge in [-0.3, -0.25) is 14.5 Å². The number of nitrogens with zero attached hydrogens (tertiary/aromatic N) is 1. The van der Waals surface area contributed by atoms with Crippen molar-refractivity contribution in [1.29, 1.82) is 0 Å². The first-order valence-electron chi connectivity index (χ1n) is 7.86. The van der Waals surface area contributed by atoms with E-state index in [1.807, 2.05) is 0 Å². The van der Waals surface area contributed by atoms with E-state index in [1.165, 1.54) is 12.0 Å². The van der Waals surface area contributed by atoms with Gasteiger partial charge in [-0.05, 0) is 48.2 Å². The Morgan fingerprint density at radius 3 is 2.76 bits per heavy atom. The zero-order valence-electron chi connectivity index (χ0n) is 12.2. The molecule has 0 spiro atoms. The number of nitrogens with one attached hydrogen (secondary N) is 1. The molecule has 4 nitrogen and oxygen atoms in total. The van der Waals surface area contributed by atoms with Crippen LogP contribution < -0.4 is 5.32 Å². The highest BCUT2D eigenvalue weighted by molar-refractivity contribution is 7.07. The third-order valence-electron chi connectivity index (χ3n) is 4.51. The molecule has 21 heavy (non-hydrogen) atoms. The normalized spacial score (nSPS) is 24.0. The summed E-state index contributed by atoms with van der Waals surface area (Å²) in [6, 6.07) is 1.95. The molecule has 2 amide bonds. The first kappa shape index (κ1) is 14.7. The van der Waals surface area contributed by atoms with Gasteiger partial charge >= 0.3 is 0 Å². The van der Waals surface area contributed by atoms with Crippen molar-refractivity contribution in [3.63, 3.8) is 0 Å². The number of imide groups is 1. The Morgan fingerprint density at radius 2 is 2.05 bits per heavy atom. The molecule has 3 rings (SSSR count). The van der Waals surface area contributed by atoms with Crippen molar-refractivity contribution in [2.24, 2.45) is 0 Å². The van der Waals surface area contributed by atoms with E-state index in [2.05, 4.69) is 22.1 Å². The summed E-state index contributed by atoms with van der Waals surface area (Å²) in [5.41, 5.74) is 1.29. The van der Waals surface area contributed by atoms with Crippen molar-refractivity contribution < 1.29 is 9.59 Å². The number of rotatable bonds is 5. The van der Waals surface area contributed by atoms with E-state index in [0.29, 0.717) is 6.42 Å². The molecule has 2 heterocycles. The highest BCUT2D eigenvalue weighted by Crippen LogP contribution is 2.27. The maximum absolute atomic E-state index is 12.5. The Morgan fingerprint density at radius 1 is 1.24 bits per heavy atom. The molecule has 1 aliphatic carbocycles. The number of carbonyl (C=O) groups is 2. The molecule has 0 radical (unpaired) electrons. The fraction of sp³-hybridized carbons (Fsp3) is 0.625. The first-order chi connectivity index (χ1) is 10.3. The number of likely N-dealkylation sites (tertiary alicyclic amines) is 1. The van der Waals surface area contributed by atoms with Crippen LogP contribution in [0.5, 0.6) is 0 Å². The highest BCUT2D eigenvalue weighted by atomic mass is 32.1. The molecule has 1 saturated carbocycles. The summed E-state index contributed by atoms with van der Waals surface area (Å²) in [4.78, 5) is 26.2. The minimum Gasteiger partial charge on any atom is -0.305 e. The third kappa shape index (κ3) is 3.35. The number of hydrogen-bond acceptors (Lipinski definition) is 4. The van der Waals surface area contributed by atoms with E-state index in [4.69, 9.17) is 0 Å². The summed E-state index contributed by atoms with van der Waals surface area (Å²) < 4.78 is 0. The molecule has 2 fully saturated rings. The Labute approximate surface area is 129 Å². The zero-order chi connectivity index (χ0) is 14.7. The highest BCUT2D eigenvalue weighted by Gasteiger charge is 2.42. The van der Waals surface area contributed by atoms with Crippen LogP contribution in [-0.2, 0) is 16.0 Å². The Balaban J connectivity index is 1.53. The molecular weight excluding hydrogens is 284 g/mol. The second-order valence-electron chi connectivity index (χ2n) is 5.99. The molecule has 1 aliphatic heterocycles. The molecule has 1 N–H and O–H groups in total. The molecule has 114 valence electrons. The lowest BCUT2D eigenvalue weighted by molar-refractivity contribution is -0.142. The fourth-order valence-electron chi connectivity index (χ4n) is 3.36. The van der Waals surface area contributed by atoms with Gasteiger partial charge in [0.15, 0.2) is 0 Å². The van der Waals surface area contributed by atoms with Crippen LogP contribution >= 0.6 is 11.3 Å². The summed E-state index contributed by atoms with van der Waals surface area (Å²) in [6.07, 6.45) is 6.72. The zero-order valence-corrected chi connectivity index (χ0v) is 13.0. The van der Waals surface area contributed by atoms with Gasteiger partial charge in [0.25, 0.3) is 0 Å². The standard InChI is InChI=1S/C16H22N2O2S/c19-15-10-14(17-8-6-12-7-9-21-11-12)16(20)18(15)13-4-2-1-3-5-13/h7,9,11,13-14,17H,1-6,8,10H2. The molecular formula is C16H22N2O2S. The smallest absolute Gasteiger partial charge is 0.247 e. The van der Waals surface area contributed by atoms with Crippen molar-refractivity contribution in [2.75, 3.05) is 6.54 Å². The molecule has 0 aromatic carbocycles. The second kappa shape index (κ2) is 6.71. The predicted molar refractivity (Wildman–Crippen MR) is 83.2 cm³/mol. The van der Waals surface area contributed by atoms with Crippen LogP contribution in [0.2, 0.25) is 0 Å². The van der Waals surface area contributed by atoms with E-state index in [0.717, 1.165) is 38.6 Å². The number of thiophene rings is 1. The molecule has 1 saturated heterocycles. The SMILES string of the molecule is O=C1CC(NCCc2ccsc2)C(=O)N1C1CCCCC1. The average Bonchev–Trinajstić information content (AvgIpc) is 3.09. The van der Waals surface area contributed by atoms with E-state index in [9.17, 15) is 9.59 Å². The van der Waals surface area contributed by atoms with Crippen molar-refractivity contribution in [1.82, 2.24) is 10.2 Å². The monoisotopic (exact) mass is 306 g/mol. The fourth-order valence-corrected chi connectivity index (χ4v) is 4.06. The number of amides is 2. The van der Waals surface area contributed by atoms with Gasteiger partial charge < -0.3 is 5.32 Å². The minimum absolute atomic E-state index is 0.00258. The summed E-state index contributed by atoms with van der Waals surface area (Å²) in [6.45, 7) is 0.749. The summed E-state index contributed by atoms with van der Waals surface area (Å²) in [5.74, 6) is 0.0113. The van der Waals surface area contributed by atoms with Crippen molar-refractivity contribution >= 4 is 23.2 Å². The first-order valence-corrected chi connectivity index (χ1v) is 8.80. The molecule has 1 aromatic heterocycles. The second-order valence-corrected chi connectivity index (χ2v) is 6.77. The van der Waals surface area contributed by atoms with Crippen LogP contribution in [0, 0.1) is 0 Å². The molecule has 1 atom stereocenters. The van der Waals surface area contributed by atoms with Crippen LogP contribution in [0.25, 0.3) is 0 Å². The van der Waals surface area contributed by atoms with Crippen molar-refractivity contribution in [2.45, 2.75) is 57.0 Å². The molecule has 1 aromatic rings. The van der Waals surface area contributed by atoms with Crippen molar-refractivity contribution in [3.05, 3.63) is 22.4 Å². The number of carbonyl (C=O) groups excluding carboxylic acids is 2. The minimum atomic E-state index is -0.307. The van der Waals surface area contributed by atoms with Gasteiger partial charge in [0.05, 0.1) is 12.5 Å². The molecule has 0 bridgehead atoms. The third-order valence-corrected chi connectivity index (χ3v) is 5.24. The van der Waals surface area contributed by atoms with Gasteiger partial charge in [-0.25, -0.2) is 0 Å². The van der Waals surface area contributed by atoms with Crippen molar-refractivity contribution in [3.8, 4) is 0 Å². The van der Waals surface area contributed by atoms with Crippen LogP contribution in [0.4, 0.5) is 0 Å². The average molecular weight is 306 g/mol. The molecule has 5 heteroatoms. The van der Waals surface area contributed by atoms with Gasteiger partial charge in [-0.2, -0.15) is 11.3 Å². The maximum Gasteiger partial charge on any atom is 0.247 e. The van der Waals surface area contributed by atoms with Gasteiger partial charge in [0.2, 0.25) is 11.8 Å². The quantitative estimate of drug-likeness (QED) is 0.850. The largest absolute Gasteiger partial charge is 0.305 e. The topological polar surface area (TPSA) is 49.4 Å². The summed E-state index contributed by atoms with van der Waals surface area (Å²) in [5, 5.41) is 7.44. The lowest BCUT2D eigenvalue weighted by Gasteiger charge is -2.29. The summed E-state index contributed by atoms with van der Waals surface area (Å²) in [7, 11) is 0. The lowest BCUT2D eigenvalue weighted by atomic mass is 9.94. The van der Waals surface area contributed by atoms with Crippen LogP contribution in [0.1, 0.15) is 44.1 Å². The Hall–Kier alpha value is -1.20. The van der Waals surface area contributed by atoms with Crippen LogP contribution in [0.3, 0.4) is 0 Å². The van der Waals surface area contributed by atoms with Gasteiger partial charge in [-0.1, -0.05) is 19.3 Å².